The van der Waals surface area contributed by atoms with Gasteiger partial charge < -0.3 is 0 Å². The second-order valence-electron chi connectivity index (χ2n) is 3.66. The van der Waals surface area contributed by atoms with Crippen LogP contribution in [0.1, 0.15) is 28.8 Å². The van der Waals surface area contributed by atoms with Gasteiger partial charge in [-0.2, -0.15) is 0 Å². The Hall–Kier alpha value is -0.190. The van der Waals surface area contributed by atoms with Crippen molar-refractivity contribution in [3.8, 4) is 0 Å². The quantitative estimate of drug-likeness (QED) is 0.690. The van der Waals surface area contributed by atoms with E-state index >= 15 is 0 Å². The van der Waals surface area contributed by atoms with Crippen molar-refractivity contribution in [3.05, 3.63) is 50.9 Å². The zero-order chi connectivity index (χ0) is 11.5. The molecule has 0 fully saturated rings. The fourth-order valence-corrected chi connectivity index (χ4v) is 3.55. The van der Waals surface area contributed by atoms with Crippen LogP contribution in [0.2, 0.25) is 0 Å². The fourth-order valence-electron chi connectivity index (χ4n) is 1.59. The van der Waals surface area contributed by atoms with E-state index in [4.69, 9.17) is 0 Å². The van der Waals surface area contributed by atoms with Gasteiger partial charge in [-0.25, -0.2) is 0 Å². The molecule has 0 saturated carbocycles. The van der Waals surface area contributed by atoms with E-state index in [9.17, 15) is 0 Å². The molecule has 1 nitrogen and oxygen atoms in total. The van der Waals surface area contributed by atoms with Gasteiger partial charge in [0, 0.05) is 17.2 Å². The zero-order valence-corrected chi connectivity index (χ0v) is 12.7. The lowest BCUT2D eigenvalue weighted by molar-refractivity contribution is 0.752. The summed E-state index contributed by atoms with van der Waals surface area (Å²) < 4.78 is 1.17. The average molecular weight is 361 g/mol. The molecule has 0 bridgehead atoms. The molecule has 0 radical (unpaired) electrons. The van der Waals surface area contributed by atoms with Crippen LogP contribution >= 0.6 is 43.2 Å². The summed E-state index contributed by atoms with van der Waals surface area (Å²) in [6.45, 7) is 2.22. The summed E-state index contributed by atoms with van der Waals surface area (Å²) in [7, 11) is 0. The van der Waals surface area contributed by atoms with E-state index in [2.05, 4.69) is 67.3 Å². The van der Waals surface area contributed by atoms with Gasteiger partial charge in [0.25, 0.3) is 0 Å². The van der Waals surface area contributed by atoms with Gasteiger partial charge in [-0.3, -0.25) is 4.98 Å². The molecule has 0 aliphatic heterocycles. The Morgan fingerprint density at radius 1 is 1.25 bits per heavy atom. The molecule has 0 aromatic carbocycles. The highest BCUT2D eigenvalue weighted by molar-refractivity contribution is 9.11. The normalized spacial score (nSPS) is 14.7. The third-order valence-electron chi connectivity index (χ3n) is 2.58. The first-order valence-corrected chi connectivity index (χ1v) is 7.55. The Morgan fingerprint density at radius 2 is 1.94 bits per heavy atom. The van der Waals surface area contributed by atoms with E-state index in [-0.39, 0.29) is 0 Å². The molecule has 0 aliphatic rings. The Bertz CT molecular complexity index is 455. The smallest absolute Gasteiger partial charge is 0.0701 e. The van der Waals surface area contributed by atoms with Gasteiger partial charge in [0.1, 0.15) is 0 Å². The van der Waals surface area contributed by atoms with Crippen LogP contribution in [0.5, 0.6) is 0 Å². The Balaban J connectivity index is 2.19. The largest absolute Gasteiger partial charge is 0.265 e. The number of hydrogen-bond acceptors (Lipinski definition) is 2. The lowest BCUT2D eigenvalue weighted by Gasteiger charge is -2.17. The van der Waals surface area contributed by atoms with Gasteiger partial charge in [-0.05, 0) is 56.6 Å². The molecule has 2 heterocycles. The molecule has 2 atom stereocenters. The number of pyridine rings is 1. The SMILES string of the molecule is CC(c1ccncc1)C(Br)c1csc(Br)c1. The van der Waals surface area contributed by atoms with Gasteiger partial charge in [0.2, 0.25) is 0 Å². The number of hydrogen-bond donors (Lipinski definition) is 0. The number of alkyl halides is 1. The minimum absolute atomic E-state index is 0.345. The predicted molar refractivity (Wildman–Crippen MR) is 76.3 cm³/mol. The Kier molecular flexibility index (Phi) is 4.16. The molecular weight excluding hydrogens is 350 g/mol. The molecule has 2 aromatic rings. The van der Waals surface area contributed by atoms with Crippen molar-refractivity contribution in [2.45, 2.75) is 17.7 Å². The molecule has 84 valence electrons. The first-order chi connectivity index (χ1) is 7.68. The summed E-state index contributed by atoms with van der Waals surface area (Å²) in [5.74, 6) is 0.435. The van der Waals surface area contributed by atoms with Gasteiger partial charge in [-0.1, -0.05) is 22.9 Å². The van der Waals surface area contributed by atoms with Crippen LogP contribution in [0.15, 0.2) is 39.8 Å². The van der Waals surface area contributed by atoms with Crippen molar-refractivity contribution >= 4 is 43.2 Å². The second kappa shape index (κ2) is 5.43. The highest BCUT2D eigenvalue weighted by atomic mass is 79.9. The molecule has 0 spiro atoms. The third kappa shape index (κ3) is 2.73. The molecule has 16 heavy (non-hydrogen) atoms. The maximum Gasteiger partial charge on any atom is 0.0701 e. The molecular formula is C12H11Br2NS. The predicted octanol–water partition coefficient (Wildman–Crippen LogP) is 5.15. The number of aromatic nitrogens is 1. The first kappa shape index (κ1) is 12.3. The maximum atomic E-state index is 4.04. The monoisotopic (exact) mass is 359 g/mol. The Labute approximate surface area is 116 Å². The van der Waals surface area contributed by atoms with Crippen molar-refractivity contribution in [1.29, 1.82) is 0 Å². The zero-order valence-electron chi connectivity index (χ0n) is 8.73. The van der Waals surface area contributed by atoms with Crippen molar-refractivity contribution in [2.24, 2.45) is 0 Å². The number of rotatable bonds is 3. The lowest BCUT2D eigenvalue weighted by atomic mass is 9.96. The molecule has 0 N–H and O–H groups in total. The maximum absolute atomic E-state index is 4.04. The summed E-state index contributed by atoms with van der Waals surface area (Å²) in [6, 6.07) is 6.31. The topological polar surface area (TPSA) is 12.9 Å². The van der Waals surface area contributed by atoms with E-state index in [1.54, 1.807) is 11.3 Å². The van der Waals surface area contributed by atoms with Crippen LogP contribution in [-0.4, -0.2) is 4.98 Å². The highest BCUT2D eigenvalue weighted by Gasteiger charge is 2.18. The second-order valence-corrected chi connectivity index (χ2v) is 6.93. The molecule has 0 aliphatic carbocycles. The van der Waals surface area contributed by atoms with Crippen LogP contribution in [0, 0.1) is 0 Å². The molecule has 2 rings (SSSR count). The summed E-state index contributed by atoms with van der Waals surface area (Å²) in [5.41, 5.74) is 2.63. The van der Waals surface area contributed by atoms with Crippen molar-refractivity contribution in [1.82, 2.24) is 4.98 Å². The van der Waals surface area contributed by atoms with E-state index in [0.717, 1.165) is 0 Å². The average Bonchev–Trinajstić information content (AvgIpc) is 2.75. The van der Waals surface area contributed by atoms with E-state index in [1.165, 1.54) is 14.9 Å². The van der Waals surface area contributed by atoms with Crippen LogP contribution in [0.25, 0.3) is 0 Å². The number of nitrogens with zero attached hydrogens (tertiary/aromatic N) is 1. The number of thiophene rings is 1. The molecule has 0 amide bonds. The van der Waals surface area contributed by atoms with Gasteiger partial charge >= 0.3 is 0 Å². The third-order valence-corrected chi connectivity index (χ3v) is 5.42. The van der Waals surface area contributed by atoms with Crippen molar-refractivity contribution in [3.63, 3.8) is 0 Å². The molecule has 2 aromatic heterocycles. The van der Waals surface area contributed by atoms with Crippen LogP contribution in [0.4, 0.5) is 0 Å². The van der Waals surface area contributed by atoms with Crippen molar-refractivity contribution in [2.75, 3.05) is 0 Å². The first-order valence-electron chi connectivity index (χ1n) is 4.96. The van der Waals surface area contributed by atoms with Crippen LogP contribution in [0.3, 0.4) is 0 Å². The fraction of sp³-hybridized carbons (Fsp3) is 0.250. The van der Waals surface area contributed by atoms with Gasteiger partial charge in [0.15, 0.2) is 0 Å². The van der Waals surface area contributed by atoms with E-state index in [1.807, 2.05) is 12.4 Å². The Morgan fingerprint density at radius 3 is 2.50 bits per heavy atom. The summed E-state index contributed by atoms with van der Waals surface area (Å²) in [6.07, 6.45) is 3.68. The lowest BCUT2D eigenvalue weighted by Crippen LogP contribution is -2.01. The highest BCUT2D eigenvalue weighted by Crippen LogP contribution is 2.40. The summed E-state index contributed by atoms with van der Waals surface area (Å²) in [4.78, 5) is 4.39. The van der Waals surface area contributed by atoms with Crippen LogP contribution < -0.4 is 0 Å². The van der Waals surface area contributed by atoms with Crippen LogP contribution in [-0.2, 0) is 0 Å². The van der Waals surface area contributed by atoms with Gasteiger partial charge in [0.05, 0.1) is 3.79 Å². The molecule has 0 saturated heterocycles. The van der Waals surface area contributed by atoms with E-state index < -0.39 is 0 Å². The minimum Gasteiger partial charge on any atom is -0.265 e. The molecule has 4 heteroatoms. The number of halogens is 2. The summed E-state index contributed by atoms with van der Waals surface area (Å²) in [5, 5.41) is 2.18. The minimum atomic E-state index is 0.345. The van der Waals surface area contributed by atoms with Gasteiger partial charge in [-0.15, -0.1) is 11.3 Å². The van der Waals surface area contributed by atoms with Crippen molar-refractivity contribution < 1.29 is 0 Å². The standard InChI is InChI=1S/C12H11Br2NS/c1-8(9-2-4-15-5-3-9)12(14)10-6-11(13)16-7-10/h2-8,12H,1H3. The summed E-state index contributed by atoms with van der Waals surface area (Å²) >= 11 is 8.98. The molecule has 2 unspecified atom stereocenters. The van der Waals surface area contributed by atoms with E-state index in [0.29, 0.717) is 10.7 Å².